The van der Waals surface area contributed by atoms with E-state index in [1.165, 1.54) is 4.31 Å². The molecule has 0 saturated carbocycles. The van der Waals surface area contributed by atoms with E-state index in [0.717, 1.165) is 18.4 Å². The van der Waals surface area contributed by atoms with Gasteiger partial charge < -0.3 is 5.11 Å². The standard InChI is InChI=1S/C15H25N3O3S/c1-14-5-3-8-17(12-14)22(20,21)18(9-4-10-19)13-15-6-2-7-16-11-15/h2,6-7,11,14,19H,3-5,8-10,12-13H2,1H3/t14-/m1/s1. The van der Waals surface area contributed by atoms with E-state index in [-0.39, 0.29) is 6.61 Å². The quantitative estimate of drug-likeness (QED) is 0.818. The van der Waals surface area contributed by atoms with Gasteiger partial charge in [-0.15, -0.1) is 0 Å². The molecule has 0 radical (unpaired) electrons. The largest absolute Gasteiger partial charge is 0.396 e. The van der Waals surface area contributed by atoms with Crippen LogP contribution in [0.3, 0.4) is 0 Å². The molecule has 1 aromatic rings. The molecule has 1 aliphatic rings. The fourth-order valence-corrected chi connectivity index (χ4v) is 4.54. The van der Waals surface area contributed by atoms with Crippen molar-refractivity contribution in [3.8, 4) is 0 Å². The number of aliphatic hydroxyl groups excluding tert-OH is 1. The molecule has 1 aliphatic heterocycles. The Bertz CT molecular complexity index is 550. The summed E-state index contributed by atoms with van der Waals surface area (Å²) in [4.78, 5) is 4.04. The summed E-state index contributed by atoms with van der Waals surface area (Å²) < 4.78 is 28.8. The van der Waals surface area contributed by atoms with E-state index in [1.54, 1.807) is 22.8 Å². The molecule has 124 valence electrons. The third-order valence-electron chi connectivity index (χ3n) is 3.92. The van der Waals surface area contributed by atoms with Gasteiger partial charge in [-0.2, -0.15) is 17.0 Å². The molecule has 0 bridgehead atoms. The number of nitrogens with zero attached hydrogens (tertiary/aromatic N) is 3. The highest BCUT2D eigenvalue weighted by Crippen LogP contribution is 2.22. The molecule has 6 nitrogen and oxygen atoms in total. The van der Waals surface area contributed by atoms with E-state index in [1.807, 2.05) is 6.07 Å². The van der Waals surface area contributed by atoms with E-state index in [9.17, 15) is 8.42 Å². The van der Waals surface area contributed by atoms with Crippen molar-refractivity contribution >= 4 is 10.2 Å². The molecule has 22 heavy (non-hydrogen) atoms. The van der Waals surface area contributed by atoms with E-state index < -0.39 is 10.2 Å². The molecule has 1 atom stereocenters. The highest BCUT2D eigenvalue weighted by Gasteiger charge is 2.32. The molecule has 0 aromatic carbocycles. The van der Waals surface area contributed by atoms with Gasteiger partial charge in [0.15, 0.2) is 0 Å². The first-order valence-electron chi connectivity index (χ1n) is 7.79. The molecule has 0 amide bonds. The van der Waals surface area contributed by atoms with Gasteiger partial charge in [-0.1, -0.05) is 13.0 Å². The Morgan fingerprint density at radius 3 is 2.95 bits per heavy atom. The zero-order valence-electron chi connectivity index (χ0n) is 13.1. The maximum Gasteiger partial charge on any atom is 0.282 e. The lowest BCUT2D eigenvalue weighted by Crippen LogP contribution is -2.47. The molecule has 1 fully saturated rings. The molecule has 2 rings (SSSR count). The fourth-order valence-electron chi connectivity index (χ4n) is 2.74. The Kier molecular flexibility index (Phi) is 6.31. The normalized spacial score (nSPS) is 20.4. The van der Waals surface area contributed by atoms with Crippen LogP contribution < -0.4 is 0 Å². The Labute approximate surface area is 133 Å². The summed E-state index contributed by atoms with van der Waals surface area (Å²) in [5.41, 5.74) is 0.856. The number of hydrogen-bond donors (Lipinski definition) is 1. The van der Waals surface area contributed by atoms with Gasteiger partial charge in [0, 0.05) is 45.2 Å². The number of hydrogen-bond acceptors (Lipinski definition) is 4. The van der Waals surface area contributed by atoms with Crippen LogP contribution in [0.15, 0.2) is 24.5 Å². The van der Waals surface area contributed by atoms with E-state index in [4.69, 9.17) is 5.11 Å². The highest BCUT2D eigenvalue weighted by molar-refractivity contribution is 7.86. The van der Waals surface area contributed by atoms with Gasteiger partial charge in [0.05, 0.1) is 0 Å². The van der Waals surface area contributed by atoms with Crippen LogP contribution in [-0.4, -0.2) is 53.4 Å². The average molecular weight is 327 g/mol. The number of pyridine rings is 1. The lowest BCUT2D eigenvalue weighted by atomic mass is 10.0. The van der Waals surface area contributed by atoms with Crippen molar-refractivity contribution in [3.05, 3.63) is 30.1 Å². The molecule has 1 saturated heterocycles. The molecule has 1 aromatic heterocycles. The topological polar surface area (TPSA) is 73.7 Å². The second-order valence-electron chi connectivity index (χ2n) is 5.89. The van der Waals surface area contributed by atoms with Crippen LogP contribution in [0.2, 0.25) is 0 Å². The van der Waals surface area contributed by atoms with Crippen LogP contribution >= 0.6 is 0 Å². The first-order valence-corrected chi connectivity index (χ1v) is 9.18. The van der Waals surface area contributed by atoms with E-state index in [0.29, 0.717) is 38.5 Å². The summed E-state index contributed by atoms with van der Waals surface area (Å²) in [5, 5.41) is 9.05. The van der Waals surface area contributed by atoms with Crippen LogP contribution in [0, 0.1) is 5.92 Å². The zero-order chi connectivity index (χ0) is 16.0. The van der Waals surface area contributed by atoms with Crippen molar-refractivity contribution in [2.75, 3.05) is 26.2 Å². The van der Waals surface area contributed by atoms with Crippen LogP contribution in [0.25, 0.3) is 0 Å². The Hall–Kier alpha value is -1.02. The molecular formula is C15H25N3O3S. The van der Waals surface area contributed by atoms with Gasteiger partial charge in [-0.3, -0.25) is 4.98 Å². The van der Waals surface area contributed by atoms with Crippen molar-refractivity contribution in [1.29, 1.82) is 0 Å². The molecule has 7 heteroatoms. The fraction of sp³-hybridized carbons (Fsp3) is 0.667. The minimum Gasteiger partial charge on any atom is -0.396 e. The number of piperidine rings is 1. The van der Waals surface area contributed by atoms with Gasteiger partial charge in [0.2, 0.25) is 0 Å². The molecule has 0 unspecified atom stereocenters. The lowest BCUT2D eigenvalue weighted by Gasteiger charge is -2.34. The minimum atomic E-state index is -3.50. The van der Waals surface area contributed by atoms with Crippen LogP contribution in [0.4, 0.5) is 0 Å². The Morgan fingerprint density at radius 1 is 1.50 bits per heavy atom. The third kappa shape index (κ3) is 4.49. The number of aromatic nitrogens is 1. The van der Waals surface area contributed by atoms with Gasteiger partial charge in [-0.05, 0) is 36.8 Å². The van der Waals surface area contributed by atoms with Crippen LogP contribution in [0.1, 0.15) is 31.7 Å². The van der Waals surface area contributed by atoms with Crippen LogP contribution in [-0.2, 0) is 16.8 Å². The lowest BCUT2D eigenvalue weighted by molar-refractivity contribution is 0.240. The van der Waals surface area contributed by atoms with E-state index in [2.05, 4.69) is 11.9 Å². The molecule has 1 N–H and O–H groups in total. The smallest absolute Gasteiger partial charge is 0.282 e. The third-order valence-corrected chi connectivity index (χ3v) is 5.87. The molecule has 0 spiro atoms. The SMILES string of the molecule is C[C@@H]1CCCN(S(=O)(=O)N(CCCO)Cc2cccnc2)C1. The van der Waals surface area contributed by atoms with Crippen molar-refractivity contribution < 1.29 is 13.5 Å². The summed E-state index contributed by atoms with van der Waals surface area (Å²) in [7, 11) is -3.50. The van der Waals surface area contributed by atoms with E-state index >= 15 is 0 Å². The maximum atomic E-state index is 12.9. The summed E-state index contributed by atoms with van der Waals surface area (Å²) in [6.45, 7) is 3.83. The average Bonchev–Trinajstić information content (AvgIpc) is 2.52. The van der Waals surface area contributed by atoms with Crippen molar-refractivity contribution in [1.82, 2.24) is 13.6 Å². The Morgan fingerprint density at radius 2 is 2.32 bits per heavy atom. The minimum absolute atomic E-state index is 0.0184. The molecule has 0 aliphatic carbocycles. The molecule has 2 heterocycles. The summed E-state index contributed by atoms with van der Waals surface area (Å²) >= 11 is 0. The second kappa shape index (κ2) is 8.01. The van der Waals surface area contributed by atoms with Gasteiger partial charge >= 0.3 is 0 Å². The highest BCUT2D eigenvalue weighted by atomic mass is 32.2. The predicted molar refractivity (Wildman–Crippen MR) is 85.2 cm³/mol. The monoisotopic (exact) mass is 327 g/mol. The van der Waals surface area contributed by atoms with Crippen molar-refractivity contribution in [2.24, 2.45) is 5.92 Å². The Balaban J connectivity index is 2.15. The molecular weight excluding hydrogens is 302 g/mol. The predicted octanol–water partition coefficient (Wildman–Crippen LogP) is 1.24. The van der Waals surface area contributed by atoms with Crippen molar-refractivity contribution in [3.63, 3.8) is 0 Å². The summed E-state index contributed by atoms with van der Waals surface area (Å²) in [6.07, 6.45) is 5.76. The zero-order valence-corrected chi connectivity index (χ0v) is 13.9. The van der Waals surface area contributed by atoms with Crippen molar-refractivity contribution in [2.45, 2.75) is 32.7 Å². The first kappa shape index (κ1) is 17.3. The maximum absolute atomic E-state index is 12.9. The van der Waals surface area contributed by atoms with Crippen LogP contribution in [0.5, 0.6) is 0 Å². The summed E-state index contributed by atoms with van der Waals surface area (Å²) in [5.74, 6) is 0.390. The first-order chi connectivity index (χ1) is 10.5. The van der Waals surface area contributed by atoms with Gasteiger partial charge in [-0.25, -0.2) is 0 Å². The van der Waals surface area contributed by atoms with Gasteiger partial charge in [0.1, 0.15) is 0 Å². The van der Waals surface area contributed by atoms with Gasteiger partial charge in [0.25, 0.3) is 10.2 Å². The second-order valence-corrected chi connectivity index (χ2v) is 7.81. The number of aliphatic hydroxyl groups is 1. The number of rotatable bonds is 7. The summed E-state index contributed by atoms with van der Waals surface area (Å²) in [6, 6.07) is 3.67.